The molecule has 0 saturated heterocycles. The average molecular weight is 379 g/mol. The normalized spacial score (nSPS) is 11.8. The first-order chi connectivity index (χ1) is 12.4. The summed E-state index contributed by atoms with van der Waals surface area (Å²) >= 11 is 4.20. The van der Waals surface area contributed by atoms with Crippen molar-refractivity contribution < 1.29 is 19.4 Å². The average Bonchev–Trinajstić information content (AvgIpc) is 3.04. The highest BCUT2D eigenvalue weighted by Gasteiger charge is 2.23. The van der Waals surface area contributed by atoms with Crippen molar-refractivity contribution in [3.63, 3.8) is 0 Å². The zero-order valence-electron chi connectivity index (χ0n) is 14.6. The molecule has 1 aromatic heterocycles. The van der Waals surface area contributed by atoms with Crippen LogP contribution >= 0.6 is 12.6 Å². The number of esters is 1. The molecule has 1 atom stereocenters. The fourth-order valence-corrected chi connectivity index (χ4v) is 2.69. The monoisotopic (exact) mass is 379 g/mol. The van der Waals surface area contributed by atoms with E-state index in [4.69, 9.17) is 9.84 Å². The van der Waals surface area contributed by atoms with Crippen LogP contribution in [0, 0.1) is 0 Å². The Bertz CT molecular complexity index is 767. The molecule has 1 aromatic carbocycles. The van der Waals surface area contributed by atoms with E-state index in [9.17, 15) is 9.59 Å². The van der Waals surface area contributed by atoms with Crippen LogP contribution in [0.25, 0.3) is 5.69 Å². The molecule has 0 saturated carbocycles. The lowest BCUT2D eigenvalue weighted by atomic mass is 10.1. The number of aliphatic carboxylic acids is 1. The number of nitrogens with zero attached hydrogens (tertiary/aromatic N) is 5. The van der Waals surface area contributed by atoms with Crippen molar-refractivity contribution in [3.8, 4) is 5.69 Å². The Kier molecular flexibility index (Phi) is 6.96. The Morgan fingerprint density at radius 3 is 2.81 bits per heavy atom. The summed E-state index contributed by atoms with van der Waals surface area (Å²) in [5, 5.41) is 20.4. The Hall–Kier alpha value is -2.62. The van der Waals surface area contributed by atoms with Crippen molar-refractivity contribution in [1.82, 2.24) is 20.2 Å². The third-order valence-corrected chi connectivity index (χ3v) is 4.02. The van der Waals surface area contributed by atoms with Crippen molar-refractivity contribution >= 4 is 30.3 Å². The second kappa shape index (κ2) is 9.18. The number of hydrogen-bond donors (Lipinski definition) is 2. The SMILES string of the molecule is CCOC(=O)C(C)N(CCCC(=O)O)c1cccc(-n2nnnc2S)c1. The van der Waals surface area contributed by atoms with E-state index in [1.165, 1.54) is 4.68 Å². The largest absolute Gasteiger partial charge is 0.481 e. The number of carboxylic acids is 1. The highest BCUT2D eigenvalue weighted by atomic mass is 32.1. The van der Waals surface area contributed by atoms with Crippen molar-refractivity contribution in [2.45, 2.75) is 37.9 Å². The van der Waals surface area contributed by atoms with Crippen LogP contribution in [0.2, 0.25) is 0 Å². The molecule has 1 heterocycles. The van der Waals surface area contributed by atoms with E-state index in [0.717, 1.165) is 5.69 Å². The van der Waals surface area contributed by atoms with Gasteiger partial charge in [-0.25, -0.2) is 4.79 Å². The lowest BCUT2D eigenvalue weighted by Gasteiger charge is -2.30. The number of thiol groups is 1. The number of rotatable bonds is 9. The highest BCUT2D eigenvalue weighted by molar-refractivity contribution is 7.80. The first kappa shape index (κ1) is 19.7. The number of carbonyl (C=O) groups excluding carboxylic acids is 1. The molecular weight excluding hydrogens is 358 g/mol. The molecule has 0 radical (unpaired) electrons. The van der Waals surface area contributed by atoms with Crippen molar-refractivity contribution in [2.24, 2.45) is 0 Å². The van der Waals surface area contributed by atoms with Crippen LogP contribution in [0.4, 0.5) is 5.69 Å². The van der Waals surface area contributed by atoms with Gasteiger partial charge in [-0.3, -0.25) is 4.79 Å². The Morgan fingerprint density at radius 2 is 2.19 bits per heavy atom. The van der Waals surface area contributed by atoms with Gasteiger partial charge in [0.1, 0.15) is 6.04 Å². The number of hydrogen-bond acceptors (Lipinski definition) is 8. The maximum absolute atomic E-state index is 12.2. The van der Waals surface area contributed by atoms with Crippen LogP contribution in [-0.4, -0.2) is 56.4 Å². The number of tetrazole rings is 1. The van der Waals surface area contributed by atoms with Gasteiger partial charge in [-0.1, -0.05) is 6.07 Å². The molecule has 10 heteroatoms. The maximum atomic E-state index is 12.2. The summed E-state index contributed by atoms with van der Waals surface area (Å²) in [7, 11) is 0. The van der Waals surface area contributed by atoms with E-state index < -0.39 is 12.0 Å². The molecule has 0 aliphatic carbocycles. The lowest BCUT2D eigenvalue weighted by Crippen LogP contribution is -2.41. The second-order valence-corrected chi connectivity index (χ2v) is 5.93. The van der Waals surface area contributed by atoms with Gasteiger partial charge in [-0.05, 0) is 48.9 Å². The molecule has 0 spiro atoms. The van der Waals surface area contributed by atoms with Crippen LogP contribution in [0.1, 0.15) is 26.7 Å². The number of carbonyl (C=O) groups is 2. The first-order valence-electron chi connectivity index (χ1n) is 8.17. The van der Waals surface area contributed by atoms with Gasteiger partial charge in [0.05, 0.1) is 12.3 Å². The van der Waals surface area contributed by atoms with Crippen LogP contribution in [0.5, 0.6) is 0 Å². The molecule has 2 aromatic rings. The highest BCUT2D eigenvalue weighted by Crippen LogP contribution is 2.23. The van der Waals surface area contributed by atoms with Crippen molar-refractivity contribution in [2.75, 3.05) is 18.1 Å². The van der Waals surface area contributed by atoms with E-state index in [2.05, 4.69) is 28.2 Å². The third kappa shape index (κ3) is 4.94. The Morgan fingerprint density at radius 1 is 1.42 bits per heavy atom. The summed E-state index contributed by atoms with van der Waals surface area (Å²) in [6.07, 6.45) is 0.408. The molecule has 0 amide bonds. The number of carboxylic acid groups (broad SMARTS) is 1. The van der Waals surface area contributed by atoms with Crippen LogP contribution < -0.4 is 4.90 Å². The summed E-state index contributed by atoms with van der Waals surface area (Å²) in [4.78, 5) is 24.8. The summed E-state index contributed by atoms with van der Waals surface area (Å²) in [5.74, 6) is -1.25. The molecule has 0 bridgehead atoms. The quantitative estimate of drug-likeness (QED) is 0.499. The Labute approximate surface area is 156 Å². The topological polar surface area (TPSA) is 110 Å². The standard InChI is InChI=1S/C16H21N5O4S/c1-3-25-15(24)11(2)20(9-5-8-14(22)23)12-6-4-7-13(10-12)21-16(26)17-18-19-21/h4,6-7,10-11H,3,5,8-9H2,1-2H3,(H,22,23)(H,17,19,26). The number of ether oxygens (including phenoxy) is 1. The number of benzene rings is 1. The molecule has 2 rings (SSSR count). The van der Waals surface area contributed by atoms with Crippen LogP contribution in [0.3, 0.4) is 0 Å². The number of anilines is 1. The minimum atomic E-state index is -0.879. The van der Waals surface area contributed by atoms with Crippen LogP contribution in [-0.2, 0) is 14.3 Å². The minimum absolute atomic E-state index is 0.0134. The zero-order valence-corrected chi connectivity index (χ0v) is 15.5. The molecule has 140 valence electrons. The van der Waals surface area contributed by atoms with E-state index in [0.29, 0.717) is 23.8 Å². The van der Waals surface area contributed by atoms with E-state index >= 15 is 0 Å². The fourth-order valence-electron chi connectivity index (χ4n) is 2.49. The smallest absolute Gasteiger partial charge is 0.328 e. The molecule has 26 heavy (non-hydrogen) atoms. The summed E-state index contributed by atoms with van der Waals surface area (Å²) in [6.45, 7) is 4.14. The van der Waals surface area contributed by atoms with Crippen molar-refractivity contribution in [1.29, 1.82) is 0 Å². The van der Waals surface area contributed by atoms with Gasteiger partial charge in [0, 0.05) is 18.7 Å². The molecule has 0 aliphatic rings. The summed E-state index contributed by atoms with van der Waals surface area (Å²) in [5.41, 5.74) is 1.41. The van der Waals surface area contributed by atoms with E-state index in [-0.39, 0.29) is 19.0 Å². The summed E-state index contributed by atoms with van der Waals surface area (Å²) in [6, 6.07) is 6.70. The molecule has 0 aliphatic heterocycles. The van der Waals surface area contributed by atoms with Gasteiger partial charge in [0.25, 0.3) is 0 Å². The van der Waals surface area contributed by atoms with Gasteiger partial charge in [-0.2, -0.15) is 4.68 Å². The maximum Gasteiger partial charge on any atom is 0.328 e. The number of aromatic nitrogens is 4. The van der Waals surface area contributed by atoms with Crippen LogP contribution in [0.15, 0.2) is 29.4 Å². The molecule has 1 unspecified atom stereocenters. The van der Waals surface area contributed by atoms with Gasteiger partial charge >= 0.3 is 11.9 Å². The second-order valence-electron chi connectivity index (χ2n) is 5.53. The molecular formula is C16H21N5O4S. The summed E-state index contributed by atoms with van der Waals surface area (Å²) < 4.78 is 6.56. The third-order valence-electron chi connectivity index (χ3n) is 3.74. The Balaban J connectivity index is 2.30. The predicted molar refractivity (Wildman–Crippen MR) is 96.7 cm³/mol. The van der Waals surface area contributed by atoms with Gasteiger partial charge in [0.15, 0.2) is 0 Å². The molecule has 0 fully saturated rings. The van der Waals surface area contributed by atoms with E-state index in [1.54, 1.807) is 13.8 Å². The van der Waals surface area contributed by atoms with Gasteiger partial charge in [-0.15, -0.1) is 17.7 Å². The molecule has 1 N–H and O–H groups in total. The first-order valence-corrected chi connectivity index (χ1v) is 8.61. The lowest BCUT2D eigenvalue weighted by molar-refractivity contribution is -0.144. The minimum Gasteiger partial charge on any atom is -0.481 e. The van der Waals surface area contributed by atoms with Gasteiger partial charge in [0.2, 0.25) is 5.16 Å². The van der Waals surface area contributed by atoms with Gasteiger partial charge < -0.3 is 14.7 Å². The molecule has 9 nitrogen and oxygen atoms in total. The van der Waals surface area contributed by atoms with E-state index in [1.807, 2.05) is 29.2 Å². The predicted octanol–water partition coefficient (Wildman–Crippen LogP) is 1.57. The van der Waals surface area contributed by atoms with Crippen molar-refractivity contribution in [3.05, 3.63) is 24.3 Å². The zero-order chi connectivity index (χ0) is 19.1. The fraction of sp³-hybridized carbons (Fsp3) is 0.438.